The Hall–Kier alpha value is -2.42. The molecule has 116 valence electrons. The first-order valence-corrected chi connectivity index (χ1v) is 6.19. The summed E-state index contributed by atoms with van der Waals surface area (Å²) in [5, 5.41) is 0. The summed E-state index contributed by atoms with van der Waals surface area (Å²) in [5.74, 6) is -1.19. The summed E-state index contributed by atoms with van der Waals surface area (Å²) >= 11 is 0. The zero-order chi connectivity index (χ0) is 16.3. The number of aryl methyl sites for hydroxylation is 1. The van der Waals surface area contributed by atoms with E-state index >= 15 is 0 Å². The van der Waals surface area contributed by atoms with Crippen LogP contribution in [0.1, 0.15) is 12.0 Å². The topological polar surface area (TPSA) is 133 Å². The Morgan fingerprint density at radius 3 is 2.43 bits per heavy atom. The molecule has 1 heterocycles. The molecule has 0 aromatic carbocycles. The minimum atomic E-state index is -1.05. The number of hydrogen-bond donors (Lipinski definition) is 2. The predicted molar refractivity (Wildman–Crippen MR) is 75.2 cm³/mol. The summed E-state index contributed by atoms with van der Waals surface area (Å²) in [7, 11) is 4.31. The highest BCUT2D eigenvalue weighted by Crippen LogP contribution is 2.00. The smallest absolute Gasteiger partial charge is 0.330 e. The number of primary amides is 1. The predicted octanol–water partition coefficient (Wildman–Crippen LogP) is -2.75. The Bertz CT molecular complexity index is 675. The monoisotopic (exact) mass is 297 g/mol. The lowest BCUT2D eigenvalue weighted by Gasteiger charge is -2.20. The zero-order valence-electron chi connectivity index (χ0n) is 12.2. The first-order chi connectivity index (χ1) is 9.65. The van der Waals surface area contributed by atoms with E-state index in [0.717, 1.165) is 4.57 Å². The highest BCUT2D eigenvalue weighted by atomic mass is 16.2. The third kappa shape index (κ3) is 3.78. The number of nitrogens with two attached hydrogens (primary N) is 2. The number of amides is 2. The van der Waals surface area contributed by atoms with E-state index in [1.807, 2.05) is 0 Å². The molecule has 2 amide bonds. The number of likely N-dealkylation sites (N-methyl/N-ethyl adjacent to an activating group) is 1. The van der Waals surface area contributed by atoms with E-state index in [-0.39, 0.29) is 18.5 Å². The fourth-order valence-electron chi connectivity index (χ4n) is 1.91. The van der Waals surface area contributed by atoms with Crippen LogP contribution in [-0.2, 0) is 30.2 Å². The van der Waals surface area contributed by atoms with E-state index in [0.29, 0.717) is 0 Å². The first kappa shape index (κ1) is 16.6. The summed E-state index contributed by atoms with van der Waals surface area (Å²) in [6.07, 6.45) is 1.10. The van der Waals surface area contributed by atoms with Crippen LogP contribution in [0.3, 0.4) is 0 Å². The van der Waals surface area contributed by atoms with E-state index in [9.17, 15) is 19.2 Å². The molecule has 1 rings (SSSR count). The van der Waals surface area contributed by atoms with Crippen LogP contribution in [0.4, 0.5) is 0 Å². The lowest BCUT2D eigenvalue weighted by atomic mass is 10.2. The van der Waals surface area contributed by atoms with Gasteiger partial charge in [0.15, 0.2) is 0 Å². The fraction of sp³-hybridized carbons (Fsp3) is 0.500. The van der Waals surface area contributed by atoms with E-state index in [1.165, 1.54) is 36.8 Å². The van der Waals surface area contributed by atoms with Crippen LogP contribution < -0.4 is 22.7 Å². The molecular formula is C12H19N5O4. The van der Waals surface area contributed by atoms with Crippen molar-refractivity contribution in [1.29, 1.82) is 0 Å². The van der Waals surface area contributed by atoms with Gasteiger partial charge in [0.05, 0.1) is 24.6 Å². The average molecular weight is 297 g/mol. The number of carbonyl (C=O) groups excluding carboxylic acids is 2. The number of carbonyl (C=O) groups is 2. The van der Waals surface area contributed by atoms with Crippen molar-refractivity contribution in [3.63, 3.8) is 0 Å². The molecule has 0 fully saturated rings. The van der Waals surface area contributed by atoms with Gasteiger partial charge in [-0.2, -0.15) is 0 Å². The summed E-state index contributed by atoms with van der Waals surface area (Å²) in [6, 6.07) is -1.05. The highest BCUT2D eigenvalue weighted by molar-refractivity contribution is 5.87. The molecule has 0 saturated carbocycles. The van der Waals surface area contributed by atoms with Crippen LogP contribution in [0, 0.1) is 0 Å². The molecule has 0 spiro atoms. The molecule has 0 aliphatic rings. The van der Waals surface area contributed by atoms with Crippen molar-refractivity contribution in [2.75, 3.05) is 7.05 Å². The van der Waals surface area contributed by atoms with Crippen molar-refractivity contribution in [3.8, 4) is 0 Å². The molecule has 0 saturated heterocycles. The molecule has 0 aliphatic heterocycles. The molecule has 1 unspecified atom stereocenters. The van der Waals surface area contributed by atoms with Gasteiger partial charge in [-0.15, -0.1) is 0 Å². The van der Waals surface area contributed by atoms with E-state index in [2.05, 4.69) is 0 Å². The Balaban J connectivity index is 2.97. The van der Waals surface area contributed by atoms with Crippen LogP contribution in [0.5, 0.6) is 0 Å². The van der Waals surface area contributed by atoms with E-state index in [4.69, 9.17) is 11.5 Å². The molecule has 0 aliphatic carbocycles. The summed E-state index contributed by atoms with van der Waals surface area (Å²) in [6.45, 7) is -0.0217. The van der Waals surface area contributed by atoms with Crippen LogP contribution in [0.2, 0.25) is 0 Å². The Morgan fingerprint density at radius 1 is 1.33 bits per heavy atom. The third-order valence-corrected chi connectivity index (χ3v) is 3.04. The van der Waals surface area contributed by atoms with Gasteiger partial charge in [0.25, 0.3) is 5.56 Å². The third-order valence-electron chi connectivity index (χ3n) is 3.04. The van der Waals surface area contributed by atoms with Crippen LogP contribution in [0.15, 0.2) is 15.8 Å². The zero-order valence-corrected chi connectivity index (χ0v) is 12.2. The van der Waals surface area contributed by atoms with Crippen molar-refractivity contribution in [3.05, 3.63) is 32.6 Å². The fourth-order valence-corrected chi connectivity index (χ4v) is 1.91. The molecular weight excluding hydrogens is 278 g/mol. The van der Waals surface area contributed by atoms with Crippen molar-refractivity contribution in [2.45, 2.75) is 19.0 Å². The maximum Gasteiger partial charge on any atom is 0.330 e. The van der Waals surface area contributed by atoms with Gasteiger partial charge >= 0.3 is 5.69 Å². The van der Waals surface area contributed by atoms with Crippen molar-refractivity contribution < 1.29 is 9.59 Å². The highest BCUT2D eigenvalue weighted by Gasteiger charge is 2.21. The standard InChI is InChI=1S/C12H19N5O4/c1-15(11(20)8(13)4-9(14)18)5-7-6-16(2)12(21)17(3)10(7)19/h6,8H,4-5,13H2,1-3H3,(H2,14,18). The molecule has 1 atom stereocenters. The molecule has 9 heteroatoms. The molecule has 1 aromatic rings. The maximum atomic E-state index is 12.0. The summed E-state index contributed by atoms with van der Waals surface area (Å²) < 4.78 is 2.20. The van der Waals surface area contributed by atoms with Crippen LogP contribution in [0.25, 0.3) is 0 Å². The van der Waals surface area contributed by atoms with Crippen LogP contribution in [-0.4, -0.2) is 38.9 Å². The molecule has 0 bridgehead atoms. The largest absolute Gasteiger partial charge is 0.370 e. The average Bonchev–Trinajstić information content (AvgIpc) is 2.40. The number of hydrogen-bond acceptors (Lipinski definition) is 5. The Labute approximate surface area is 120 Å². The number of rotatable bonds is 5. The second kappa shape index (κ2) is 6.35. The van der Waals surface area contributed by atoms with Gasteiger partial charge in [-0.05, 0) is 0 Å². The van der Waals surface area contributed by atoms with Gasteiger partial charge in [0, 0.05) is 27.3 Å². The van der Waals surface area contributed by atoms with E-state index < -0.39 is 29.1 Å². The Kier molecular flexibility index (Phi) is 5.03. The quantitative estimate of drug-likeness (QED) is 0.607. The molecule has 0 radical (unpaired) electrons. The normalized spacial score (nSPS) is 12.0. The molecule has 9 nitrogen and oxygen atoms in total. The maximum absolute atomic E-state index is 12.0. The van der Waals surface area contributed by atoms with Crippen molar-refractivity contribution in [1.82, 2.24) is 14.0 Å². The van der Waals surface area contributed by atoms with Gasteiger partial charge in [0.2, 0.25) is 11.8 Å². The SMILES string of the molecule is CN(Cc1cn(C)c(=O)n(C)c1=O)C(=O)C(N)CC(N)=O. The molecule has 4 N–H and O–H groups in total. The first-order valence-electron chi connectivity index (χ1n) is 6.19. The lowest BCUT2D eigenvalue weighted by molar-refractivity contribution is -0.134. The van der Waals surface area contributed by atoms with Gasteiger partial charge in [-0.25, -0.2) is 4.79 Å². The minimum Gasteiger partial charge on any atom is -0.370 e. The second-order valence-electron chi connectivity index (χ2n) is 4.88. The van der Waals surface area contributed by atoms with Gasteiger partial charge in [0.1, 0.15) is 0 Å². The van der Waals surface area contributed by atoms with Crippen molar-refractivity contribution >= 4 is 11.8 Å². The number of aromatic nitrogens is 2. The van der Waals surface area contributed by atoms with Gasteiger partial charge < -0.3 is 20.9 Å². The lowest BCUT2D eigenvalue weighted by Crippen LogP contribution is -2.45. The molecule has 1 aromatic heterocycles. The van der Waals surface area contributed by atoms with E-state index in [1.54, 1.807) is 0 Å². The number of nitrogens with zero attached hydrogens (tertiary/aromatic N) is 3. The Morgan fingerprint density at radius 2 is 1.90 bits per heavy atom. The molecule has 21 heavy (non-hydrogen) atoms. The van der Waals surface area contributed by atoms with Crippen molar-refractivity contribution in [2.24, 2.45) is 25.6 Å². The second-order valence-corrected chi connectivity index (χ2v) is 4.88. The summed E-state index contributed by atoms with van der Waals surface area (Å²) in [4.78, 5) is 47.4. The van der Waals surface area contributed by atoms with Gasteiger partial charge in [-0.3, -0.25) is 19.0 Å². The van der Waals surface area contributed by atoms with Gasteiger partial charge in [-0.1, -0.05) is 0 Å². The van der Waals surface area contributed by atoms with Crippen LogP contribution >= 0.6 is 0 Å². The summed E-state index contributed by atoms with van der Waals surface area (Å²) in [5.41, 5.74) is 9.87. The minimum absolute atomic E-state index is 0.0217.